The molecule has 0 amide bonds. The Bertz CT molecular complexity index is 336. The molecule has 0 unspecified atom stereocenters. The van der Waals surface area contributed by atoms with Gasteiger partial charge in [0, 0.05) is 23.1 Å². The minimum Gasteiger partial charge on any atom is -0.490 e. The quantitative estimate of drug-likeness (QED) is 0.723. The smallest absolute Gasteiger partial charge is 0.146 e. The number of nitrogen functional groups attached to an aromatic ring is 1. The predicted molar refractivity (Wildman–Crippen MR) is 70.3 cm³/mol. The zero-order valence-electron chi connectivity index (χ0n) is 7.96. The van der Waals surface area contributed by atoms with E-state index in [1.165, 1.54) is 0 Å². The van der Waals surface area contributed by atoms with Gasteiger partial charge in [0.1, 0.15) is 12.4 Å². The monoisotopic (exact) mass is 314 g/mol. The minimum atomic E-state index is 0. The number of rotatable bonds is 0. The van der Waals surface area contributed by atoms with E-state index < -0.39 is 0 Å². The average molecular weight is 316 g/mol. The summed E-state index contributed by atoms with van der Waals surface area (Å²) in [6.07, 6.45) is 0. The van der Waals surface area contributed by atoms with Gasteiger partial charge < -0.3 is 15.8 Å². The van der Waals surface area contributed by atoms with Crippen molar-refractivity contribution >= 4 is 46.4 Å². The highest BCUT2D eigenvalue weighted by atomic mass is 79.9. The van der Waals surface area contributed by atoms with Crippen LogP contribution in [0.4, 0.5) is 5.69 Å². The number of nitrogens with two attached hydrogens (primary N) is 1. The lowest BCUT2D eigenvalue weighted by Gasteiger charge is -2.09. The van der Waals surface area contributed by atoms with E-state index in [9.17, 15) is 0 Å². The summed E-state index contributed by atoms with van der Waals surface area (Å²) >= 11 is 3.40. The van der Waals surface area contributed by atoms with Crippen molar-refractivity contribution < 1.29 is 4.74 Å². The molecular formula is C9H13BrCl2N2O. The van der Waals surface area contributed by atoms with Crippen molar-refractivity contribution in [2.45, 2.75) is 6.54 Å². The zero-order valence-corrected chi connectivity index (χ0v) is 11.2. The maximum Gasteiger partial charge on any atom is 0.146 e. The van der Waals surface area contributed by atoms with E-state index in [0.29, 0.717) is 12.3 Å². The Morgan fingerprint density at radius 2 is 2.07 bits per heavy atom. The van der Waals surface area contributed by atoms with E-state index in [4.69, 9.17) is 10.5 Å². The molecule has 1 aliphatic heterocycles. The van der Waals surface area contributed by atoms with Gasteiger partial charge in [-0.2, -0.15) is 0 Å². The Labute approximate surface area is 110 Å². The van der Waals surface area contributed by atoms with Crippen LogP contribution in [0.3, 0.4) is 0 Å². The molecule has 1 aromatic carbocycles. The number of hydrogen-bond donors (Lipinski definition) is 2. The molecule has 0 aromatic heterocycles. The summed E-state index contributed by atoms with van der Waals surface area (Å²) in [6.45, 7) is 2.36. The molecule has 1 heterocycles. The fraction of sp³-hybridized carbons (Fsp3) is 0.333. The van der Waals surface area contributed by atoms with E-state index in [2.05, 4.69) is 21.2 Å². The summed E-state index contributed by atoms with van der Waals surface area (Å²) in [5.74, 6) is 0.827. The van der Waals surface area contributed by atoms with Crippen molar-refractivity contribution in [3.63, 3.8) is 0 Å². The molecule has 0 spiro atoms. The molecule has 1 aromatic rings. The Morgan fingerprint density at radius 3 is 2.80 bits per heavy atom. The van der Waals surface area contributed by atoms with Crippen LogP contribution in [0.5, 0.6) is 5.75 Å². The first-order valence-corrected chi connectivity index (χ1v) is 4.98. The molecule has 0 aliphatic carbocycles. The van der Waals surface area contributed by atoms with Crippen LogP contribution in [0, 0.1) is 0 Å². The van der Waals surface area contributed by atoms with Gasteiger partial charge in [0.05, 0.1) is 5.69 Å². The number of halogens is 3. The topological polar surface area (TPSA) is 47.3 Å². The van der Waals surface area contributed by atoms with Crippen molar-refractivity contribution in [1.82, 2.24) is 5.32 Å². The summed E-state index contributed by atoms with van der Waals surface area (Å²) in [4.78, 5) is 0. The molecule has 0 atom stereocenters. The fourth-order valence-electron chi connectivity index (χ4n) is 1.43. The first-order valence-electron chi connectivity index (χ1n) is 4.19. The fourth-order valence-corrected chi connectivity index (χ4v) is 1.95. The van der Waals surface area contributed by atoms with Crippen LogP contribution in [0.1, 0.15) is 5.56 Å². The summed E-state index contributed by atoms with van der Waals surface area (Å²) in [7, 11) is 0. The molecule has 0 radical (unpaired) electrons. The lowest BCUT2D eigenvalue weighted by Crippen LogP contribution is -2.16. The highest BCUT2D eigenvalue weighted by Crippen LogP contribution is 2.31. The van der Waals surface area contributed by atoms with Crippen LogP contribution in [0.25, 0.3) is 0 Å². The first-order chi connectivity index (χ1) is 6.27. The standard InChI is InChI=1S/C9H11BrN2O.2ClH/c10-7-3-6-5-12-1-2-13-9(6)8(11)4-7;;/h3-4,12H,1-2,5,11H2;2*1H. The lowest BCUT2D eigenvalue weighted by atomic mass is 10.2. The Morgan fingerprint density at radius 1 is 1.33 bits per heavy atom. The molecule has 0 bridgehead atoms. The Balaban J connectivity index is 0.000000980. The lowest BCUT2D eigenvalue weighted by molar-refractivity contribution is 0.327. The molecule has 0 saturated carbocycles. The molecule has 1 aliphatic rings. The molecule has 0 saturated heterocycles. The van der Waals surface area contributed by atoms with Gasteiger partial charge >= 0.3 is 0 Å². The average Bonchev–Trinajstić information content (AvgIpc) is 2.28. The minimum absolute atomic E-state index is 0. The van der Waals surface area contributed by atoms with Gasteiger partial charge in [-0.25, -0.2) is 0 Å². The summed E-state index contributed by atoms with van der Waals surface area (Å²) in [5, 5.41) is 3.26. The van der Waals surface area contributed by atoms with E-state index >= 15 is 0 Å². The maximum absolute atomic E-state index is 5.83. The van der Waals surface area contributed by atoms with Gasteiger partial charge in [0.25, 0.3) is 0 Å². The third-order valence-electron chi connectivity index (χ3n) is 2.00. The molecule has 3 nitrogen and oxygen atoms in total. The molecule has 86 valence electrons. The highest BCUT2D eigenvalue weighted by Gasteiger charge is 2.11. The van der Waals surface area contributed by atoms with Crippen molar-refractivity contribution in [3.8, 4) is 5.75 Å². The first kappa shape index (κ1) is 14.8. The third-order valence-corrected chi connectivity index (χ3v) is 2.46. The normalized spacial score (nSPS) is 13.7. The number of hydrogen-bond acceptors (Lipinski definition) is 3. The zero-order chi connectivity index (χ0) is 9.26. The SMILES string of the molecule is Cl.Cl.Nc1cc(Br)cc2c1OCCNC2. The van der Waals surface area contributed by atoms with E-state index in [1.807, 2.05) is 12.1 Å². The number of nitrogens with one attached hydrogen (secondary N) is 1. The van der Waals surface area contributed by atoms with Crippen molar-refractivity contribution in [1.29, 1.82) is 0 Å². The molecular weight excluding hydrogens is 303 g/mol. The van der Waals surface area contributed by atoms with Gasteiger partial charge in [0.15, 0.2) is 0 Å². The van der Waals surface area contributed by atoms with Crippen LogP contribution in [0.2, 0.25) is 0 Å². The largest absolute Gasteiger partial charge is 0.490 e. The molecule has 3 N–H and O–H groups in total. The van der Waals surface area contributed by atoms with Crippen molar-refractivity contribution in [3.05, 3.63) is 22.2 Å². The second-order valence-electron chi connectivity index (χ2n) is 3.01. The van der Waals surface area contributed by atoms with Gasteiger partial charge in [0.2, 0.25) is 0 Å². The van der Waals surface area contributed by atoms with Crippen LogP contribution in [-0.4, -0.2) is 13.2 Å². The summed E-state index contributed by atoms with van der Waals surface area (Å²) in [6, 6.07) is 3.90. The van der Waals surface area contributed by atoms with Crippen LogP contribution in [-0.2, 0) is 6.54 Å². The molecule has 0 fully saturated rings. The third kappa shape index (κ3) is 3.41. The highest BCUT2D eigenvalue weighted by molar-refractivity contribution is 9.10. The second-order valence-corrected chi connectivity index (χ2v) is 3.92. The molecule has 6 heteroatoms. The van der Waals surface area contributed by atoms with E-state index in [-0.39, 0.29) is 24.8 Å². The van der Waals surface area contributed by atoms with Gasteiger partial charge in [-0.3, -0.25) is 0 Å². The van der Waals surface area contributed by atoms with E-state index in [0.717, 1.165) is 28.9 Å². The number of ether oxygens (including phenoxy) is 1. The Hall–Kier alpha value is -0.160. The maximum atomic E-state index is 5.83. The van der Waals surface area contributed by atoms with Gasteiger partial charge in [-0.1, -0.05) is 15.9 Å². The summed E-state index contributed by atoms with van der Waals surface area (Å²) in [5.41, 5.74) is 7.65. The van der Waals surface area contributed by atoms with Crippen LogP contribution in [0.15, 0.2) is 16.6 Å². The van der Waals surface area contributed by atoms with Crippen LogP contribution < -0.4 is 15.8 Å². The predicted octanol–water partition coefficient (Wildman–Crippen LogP) is 2.36. The number of benzene rings is 1. The van der Waals surface area contributed by atoms with Gasteiger partial charge in [-0.05, 0) is 12.1 Å². The molecule has 2 rings (SSSR count). The van der Waals surface area contributed by atoms with Crippen molar-refractivity contribution in [2.24, 2.45) is 0 Å². The number of fused-ring (bicyclic) bond motifs is 1. The van der Waals surface area contributed by atoms with Gasteiger partial charge in [-0.15, -0.1) is 24.8 Å². The van der Waals surface area contributed by atoms with E-state index in [1.54, 1.807) is 0 Å². The second kappa shape index (κ2) is 6.43. The Kier molecular flexibility index (Phi) is 6.36. The van der Waals surface area contributed by atoms with Crippen molar-refractivity contribution in [2.75, 3.05) is 18.9 Å². The molecule has 15 heavy (non-hydrogen) atoms. The summed E-state index contributed by atoms with van der Waals surface area (Å²) < 4.78 is 6.52. The van der Waals surface area contributed by atoms with Crippen LogP contribution >= 0.6 is 40.7 Å². The number of anilines is 1.